The number of rotatable bonds is 3. The van der Waals surface area contributed by atoms with Crippen LogP contribution >= 0.6 is 0 Å². The average molecular weight is 240 g/mol. The zero-order chi connectivity index (χ0) is 13.0. The normalized spacial score (nSPS) is 11.3. The van der Waals surface area contributed by atoms with E-state index in [4.69, 9.17) is 0 Å². The maximum absolute atomic E-state index is 13.2. The van der Waals surface area contributed by atoms with Crippen LogP contribution in [0.2, 0.25) is 0 Å². The highest BCUT2D eigenvalue weighted by Crippen LogP contribution is 2.19. The number of carbonyl (C=O) groups is 1. The van der Waals surface area contributed by atoms with E-state index in [1.54, 1.807) is 0 Å². The molecule has 18 heavy (non-hydrogen) atoms. The molecule has 90 valence electrons. The third-order valence-electron chi connectivity index (χ3n) is 2.78. The maximum atomic E-state index is 13.2. The Balaban J connectivity index is 2.44. The molecule has 0 atom stereocenters. The first-order valence-corrected chi connectivity index (χ1v) is 5.69. The lowest BCUT2D eigenvalue weighted by atomic mass is 10.0. The van der Waals surface area contributed by atoms with Gasteiger partial charge in [0.25, 0.3) is 0 Å². The lowest BCUT2D eigenvalue weighted by molar-refractivity contribution is 0.112. The summed E-state index contributed by atoms with van der Waals surface area (Å²) >= 11 is 0. The fourth-order valence-corrected chi connectivity index (χ4v) is 1.80. The Labute approximate surface area is 106 Å². The Morgan fingerprint density at radius 2 is 1.78 bits per heavy atom. The van der Waals surface area contributed by atoms with Crippen molar-refractivity contribution in [2.75, 3.05) is 0 Å². The van der Waals surface area contributed by atoms with Crippen LogP contribution in [0.25, 0.3) is 11.6 Å². The standard InChI is InChI=1S/C16H13FO/c1-12(13-5-3-2-4-6-13)9-15-10-16(17)8-7-14(15)11-18/h2-11H,1H3/b12-9+. The molecule has 0 amide bonds. The highest BCUT2D eigenvalue weighted by atomic mass is 19.1. The summed E-state index contributed by atoms with van der Waals surface area (Å²) in [4.78, 5) is 10.9. The van der Waals surface area contributed by atoms with Crippen molar-refractivity contribution >= 4 is 17.9 Å². The summed E-state index contributed by atoms with van der Waals surface area (Å²) in [6.45, 7) is 1.94. The van der Waals surface area contributed by atoms with Crippen molar-refractivity contribution in [1.82, 2.24) is 0 Å². The molecule has 2 aromatic carbocycles. The van der Waals surface area contributed by atoms with Gasteiger partial charge in [-0.1, -0.05) is 36.4 Å². The molecule has 2 rings (SSSR count). The van der Waals surface area contributed by atoms with E-state index in [0.29, 0.717) is 11.1 Å². The van der Waals surface area contributed by atoms with E-state index in [1.807, 2.05) is 43.3 Å². The van der Waals surface area contributed by atoms with Gasteiger partial charge in [-0.2, -0.15) is 0 Å². The fraction of sp³-hybridized carbons (Fsp3) is 0.0625. The molecule has 0 aliphatic heterocycles. The maximum Gasteiger partial charge on any atom is 0.150 e. The zero-order valence-corrected chi connectivity index (χ0v) is 10.1. The van der Waals surface area contributed by atoms with Crippen molar-refractivity contribution in [3.8, 4) is 0 Å². The van der Waals surface area contributed by atoms with Crippen molar-refractivity contribution in [2.24, 2.45) is 0 Å². The number of hydrogen-bond acceptors (Lipinski definition) is 1. The second-order valence-electron chi connectivity index (χ2n) is 4.08. The van der Waals surface area contributed by atoms with Crippen LogP contribution in [-0.2, 0) is 0 Å². The van der Waals surface area contributed by atoms with Gasteiger partial charge >= 0.3 is 0 Å². The molecular weight excluding hydrogens is 227 g/mol. The molecule has 2 heteroatoms. The summed E-state index contributed by atoms with van der Waals surface area (Å²) in [5.41, 5.74) is 3.14. The van der Waals surface area contributed by atoms with Crippen LogP contribution in [0.5, 0.6) is 0 Å². The fourth-order valence-electron chi connectivity index (χ4n) is 1.80. The van der Waals surface area contributed by atoms with Gasteiger partial charge in [0, 0.05) is 5.56 Å². The number of carbonyl (C=O) groups excluding carboxylic acids is 1. The largest absolute Gasteiger partial charge is 0.298 e. The quantitative estimate of drug-likeness (QED) is 0.580. The van der Waals surface area contributed by atoms with Gasteiger partial charge in [0.05, 0.1) is 0 Å². The van der Waals surface area contributed by atoms with E-state index in [1.165, 1.54) is 18.2 Å². The number of benzene rings is 2. The van der Waals surface area contributed by atoms with Crippen molar-refractivity contribution in [2.45, 2.75) is 6.92 Å². The van der Waals surface area contributed by atoms with Crippen LogP contribution in [0.3, 0.4) is 0 Å². The van der Waals surface area contributed by atoms with Gasteiger partial charge in [-0.15, -0.1) is 0 Å². The second-order valence-corrected chi connectivity index (χ2v) is 4.08. The van der Waals surface area contributed by atoms with E-state index in [2.05, 4.69) is 0 Å². The SMILES string of the molecule is C/C(=C\c1cc(F)ccc1C=O)c1ccccc1. The molecule has 0 bridgehead atoms. The smallest absolute Gasteiger partial charge is 0.150 e. The number of hydrogen-bond donors (Lipinski definition) is 0. The third kappa shape index (κ3) is 2.72. The van der Waals surface area contributed by atoms with Crippen LogP contribution in [0.15, 0.2) is 48.5 Å². The van der Waals surface area contributed by atoms with Crippen LogP contribution in [0.4, 0.5) is 4.39 Å². The molecule has 0 spiro atoms. The van der Waals surface area contributed by atoms with Crippen LogP contribution in [0.1, 0.15) is 28.4 Å². The summed E-state index contributed by atoms with van der Waals surface area (Å²) in [6.07, 6.45) is 2.56. The van der Waals surface area contributed by atoms with Crippen LogP contribution in [0, 0.1) is 5.82 Å². The molecule has 0 aromatic heterocycles. The van der Waals surface area contributed by atoms with Crippen LogP contribution < -0.4 is 0 Å². The number of aldehydes is 1. The van der Waals surface area contributed by atoms with Gasteiger partial charge in [0.1, 0.15) is 5.82 Å². The molecule has 0 radical (unpaired) electrons. The molecule has 0 aliphatic rings. The Bertz CT molecular complexity index is 585. The number of halogens is 1. The Morgan fingerprint density at radius 3 is 2.44 bits per heavy atom. The van der Waals surface area contributed by atoms with Gasteiger partial charge in [0.2, 0.25) is 0 Å². The van der Waals surface area contributed by atoms with E-state index in [9.17, 15) is 9.18 Å². The van der Waals surface area contributed by atoms with Crippen LogP contribution in [-0.4, -0.2) is 6.29 Å². The Hall–Kier alpha value is -2.22. The van der Waals surface area contributed by atoms with Crippen molar-refractivity contribution in [3.63, 3.8) is 0 Å². The molecule has 0 fully saturated rings. The highest BCUT2D eigenvalue weighted by molar-refractivity contribution is 5.88. The molecule has 2 aromatic rings. The van der Waals surface area contributed by atoms with Crippen molar-refractivity contribution < 1.29 is 9.18 Å². The van der Waals surface area contributed by atoms with E-state index in [-0.39, 0.29) is 5.82 Å². The van der Waals surface area contributed by atoms with E-state index in [0.717, 1.165) is 17.4 Å². The molecule has 0 N–H and O–H groups in total. The summed E-state index contributed by atoms with van der Waals surface area (Å²) in [6, 6.07) is 13.9. The molecule has 0 saturated heterocycles. The topological polar surface area (TPSA) is 17.1 Å². The minimum atomic E-state index is -0.340. The zero-order valence-electron chi connectivity index (χ0n) is 10.1. The van der Waals surface area contributed by atoms with Gasteiger partial charge < -0.3 is 0 Å². The highest BCUT2D eigenvalue weighted by Gasteiger charge is 2.02. The Morgan fingerprint density at radius 1 is 1.06 bits per heavy atom. The van der Waals surface area contributed by atoms with E-state index < -0.39 is 0 Å². The third-order valence-corrected chi connectivity index (χ3v) is 2.78. The molecular formula is C16H13FO. The minimum absolute atomic E-state index is 0.340. The first-order valence-electron chi connectivity index (χ1n) is 5.69. The lowest BCUT2D eigenvalue weighted by Gasteiger charge is -2.04. The monoisotopic (exact) mass is 240 g/mol. The summed E-state index contributed by atoms with van der Waals surface area (Å²) in [5.74, 6) is -0.340. The molecule has 0 saturated carbocycles. The first kappa shape index (κ1) is 12.2. The molecule has 0 unspecified atom stereocenters. The summed E-state index contributed by atoms with van der Waals surface area (Å²) < 4.78 is 13.2. The van der Waals surface area contributed by atoms with Crippen molar-refractivity contribution in [1.29, 1.82) is 0 Å². The minimum Gasteiger partial charge on any atom is -0.298 e. The Kier molecular flexibility index (Phi) is 3.68. The van der Waals surface area contributed by atoms with Gasteiger partial charge in [-0.25, -0.2) is 4.39 Å². The van der Waals surface area contributed by atoms with Gasteiger partial charge in [-0.05, 0) is 41.8 Å². The summed E-state index contributed by atoms with van der Waals surface area (Å²) in [7, 11) is 0. The summed E-state index contributed by atoms with van der Waals surface area (Å²) in [5, 5.41) is 0. The average Bonchev–Trinajstić information content (AvgIpc) is 2.40. The van der Waals surface area contributed by atoms with Gasteiger partial charge in [-0.3, -0.25) is 4.79 Å². The molecule has 0 aliphatic carbocycles. The second kappa shape index (κ2) is 5.41. The lowest BCUT2D eigenvalue weighted by Crippen LogP contribution is -1.89. The number of allylic oxidation sites excluding steroid dienone is 1. The van der Waals surface area contributed by atoms with E-state index >= 15 is 0 Å². The van der Waals surface area contributed by atoms with Gasteiger partial charge in [0.15, 0.2) is 6.29 Å². The molecule has 1 nitrogen and oxygen atoms in total. The predicted octanol–water partition coefficient (Wildman–Crippen LogP) is 4.20. The predicted molar refractivity (Wildman–Crippen MR) is 71.8 cm³/mol. The first-order chi connectivity index (χ1) is 8.70. The van der Waals surface area contributed by atoms with Crippen molar-refractivity contribution in [3.05, 3.63) is 71.0 Å². The molecule has 0 heterocycles.